The molecule has 1 fully saturated rings. The van der Waals surface area contributed by atoms with Crippen LogP contribution in [0.1, 0.15) is 28.0 Å². The lowest BCUT2D eigenvalue weighted by molar-refractivity contribution is 0.0988. The number of ketones is 1. The second kappa shape index (κ2) is 7.34. The number of aliphatic hydroxyl groups is 1. The minimum absolute atomic E-state index is 0.0337. The van der Waals surface area contributed by atoms with E-state index in [9.17, 15) is 18.7 Å². The number of carbonyl (C=O) groups is 1. The summed E-state index contributed by atoms with van der Waals surface area (Å²) in [5.74, 6) is -1.27. The van der Waals surface area contributed by atoms with Gasteiger partial charge in [0.05, 0.1) is 16.4 Å². The Labute approximate surface area is 175 Å². The maximum Gasteiger partial charge on any atom is 0.185 e. The number of aliphatic imine (C=N–C) groups is 1. The van der Waals surface area contributed by atoms with Crippen molar-refractivity contribution in [3.63, 3.8) is 0 Å². The fourth-order valence-electron chi connectivity index (χ4n) is 3.99. The first-order valence-electron chi connectivity index (χ1n) is 8.98. The molecule has 3 atom stereocenters. The van der Waals surface area contributed by atoms with Crippen LogP contribution in [0.2, 0.25) is 5.02 Å². The summed E-state index contributed by atoms with van der Waals surface area (Å²) in [7, 11) is 0. The van der Waals surface area contributed by atoms with Crippen molar-refractivity contribution in [2.45, 2.75) is 23.1 Å². The Kier molecular flexibility index (Phi) is 5.13. The Balaban J connectivity index is 1.69. The Bertz CT molecular complexity index is 1000. The number of halogens is 3. The number of Topliss-reactive ketones (excluding diaryl/α,β-unsaturated/α-hetero) is 1. The second-order valence-corrected chi connectivity index (χ2v) is 9.24. The molecule has 0 saturated heterocycles. The van der Waals surface area contributed by atoms with Crippen molar-refractivity contribution in [3.8, 4) is 0 Å². The number of thioether (sulfide) groups is 1. The molecule has 1 saturated carbocycles. The smallest absolute Gasteiger partial charge is 0.185 e. The third kappa shape index (κ3) is 3.43. The fraction of sp³-hybridized carbons (Fsp3) is 0.350. The van der Waals surface area contributed by atoms with Gasteiger partial charge in [0.2, 0.25) is 0 Å². The number of hydrogen-bond donors (Lipinski definition) is 2. The van der Waals surface area contributed by atoms with Gasteiger partial charge in [-0.15, -0.1) is 0 Å². The molecule has 1 aromatic heterocycles. The van der Waals surface area contributed by atoms with E-state index in [-0.39, 0.29) is 41.2 Å². The van der Waals surface area contributed by atoms with Crippen molar-refractivity contribution >= 4 is 34.3 Å². The van der Waals surface area contributed by atoms with Gasteiger partial charge in [-0.2, -0.15) is 0 Å². The SMILES string of the molecule is NC1=N[C@](CF)(c2cc(CC(=O)c3ccc(Cl)cn3)ccc2F)[C@H]2C[C@@]2(CO)S1. The van der Waals surface area contributed by atoms with Gasteiger partial charge in [0.1, 0.15) is 23.7 Å². The Morgan fingerprint density at radius 3 is 2.83 bits per heavy atom. The Morgan fingerprint density at radius 1 is 1.38 bits per heavy atom. The van der Waals surface area contributed by atoms with Crippen LogP contribution in [0.5, 0.6) is 0 Å². The molecule has 2 aromatic rings. The van der Waals surface area contributed by atoms with Crippen LogP contribution in [0.15, 0.2) is 41.5 Å². The molecular weight excluding hydrogens is 420 g/mol. The molecule has 1 aliphatic carbocycles. The maximum atomic E-state index is 14.8. The highest BCUT2D eigenvalue weighted by molar-refractivity contribution is 8.15. The van der Waals surface area contributed by atoms with Crippen LogP contribution in [0, 0.1) is 11.7 Å². The zero-order valence-corrected chi connectivity index (χ0v) is 16.8. The molecule has 1 aliphatic heterocycles. The zero-order chi connectivity index (χ0) is 20.8. The molecular formula is C20H18ClF2N3O2S. The summed E-state index contributed by atoms with van der Waals surface area (Å²) in [4.78, 5) is 20.8. The van der Waals surface area contributed by atoms with E-state index in [1.807, 2.05) is 0 Å². The van der Waals surface area contributed by atoms with E-state index in [0.717, 1.165) is 0 Å². The first-order valence-corrected chi connectivity index (χ1v) is 10.2. The highest BCUT2D eigenvalue weighted by atomic mass is 35.5. The summed E-state index contributed by atoms with van der Waals surface area (Å²) in [5.41, 5.74) is 5.20. The lowest BCUT2D eigenvalue weighted by atomic mass is 9.83. The number of benzene rings is 1. The maximum absolute atomic E-state index is 14.8. The minimum atomic E-state index is -1.50. The minimum Gasteiger partial charge on any atom is -0.395 e. The van der Waals surface area contributed by atoms with Crippen LogP contribution in [-0.2, 0) is 12.0 Å². The lowest BCUT2D eigenvalue weighted by Crippen LogP contribution is -2.41. The van der Waals surface area contributed by atoms with Gasteiger partial charge in [0.15, 0.2) is 11.0 Å². The average molecular weight is 438 g/mol. The highest BCUT2D eigenvalue weighted by Gasteiger charge is 2.68. The molecule has 0 spiro atoms. The summed E-state index contributed by atoms with van der Waals surface area (Å²) in [6, 6.07) is 7.24. The second-order valence-electron chi connectivity index (χ2n) is 7.37. The number of fused-ring (bicyclic) bond motifs is 1. The quantitative estimate of drug-likeness (QED) is 0.677. The number of nitrogens with two attached hydrogens (primary N) is 1. The zero-order valence-electron chi connectivity index (χ0n) is 15.2. The van der Waals surface area contributed by atoms with Gasteiger partial charge < -0.3 is 10.8 Å². The molecule has 4 rings (SSSR count). The number of pyridine rings is 1. The third-order valence-corrected chi connectivity index (χ3v) is 7.08. The number of aromatic nitrogens is 1. The van der Waals surface area contributed by atoms with E-state index in [2.05, 4.69) is 9.98 Å². The molecule has 29 heavy (non-hydrogen) atoms. The number of hydrogen-bond acceptors (Lipinski definition) is 6. The van der Waals surface area contributed by atoms with E-state index in [0.29, 0.717) is 17.0 Å². The molecule has 0 amide bonds. The number of aliphatic hydroxyl groups excluding tert-OH is 1. The standard InChI is InChI=1S/C20H18ClF2N3O2S/c21-12-2-4-15(25-8-12)16(28)6-11-1-3-14(23)13(5-11)20(9-22)17-7-19(17,10-27)29-18(24)26-20/h1-5,8,17,27H,6-7,9-10H2,(H2,24,26)/t17-,19-,20+/m0/s1. The molecule has 0 unspecified atom stereocenters. The van der Waals surface area contributed by atoms with Gasteiger partial charge in [0, 0.05) is 24.1 Å². The van der Waals surface area contributed by atoms with E-state index in [1.165, 1.54) is 42.2 Å². The lowest BCUT2D eigenvalue weighted by Gasteiger charge is -2.34. The summed E-state index contributed by atoms with van der Waals surface area (Å²) in [5, 5.41) is 10.3. The topological polar surface area (TPSA) is 88.6 Å². The molecule has 0 radical (unpaired) electrons. The summed E-state index contributed by atoms with van der Waals surface area (Å²) in [6.07, 6.45) is 1.83. The first-order chi connectivity index (χ1) is 13.8. The molecule has 9 heteroatoms. The highest BCUT2D eigenvalue weighted by Crippen LogP contribution is 2.65. The van der Waals surface area contributed by atoms with Crippen molar-refractivity contribution in [3.05, 3.63) is 64.2 Å². The number of carbonyl (C=O) groups excluding carboxylic acids is 1. The van der Waals surface area contributed by atoms with Crippen LogP contribution in [0.3, 0.4) is 0 Å². The van der Waals surface area contributed by atoms with Crippen molar-refractivity contribution in [2.75, 3.05) is 13.3 Å². The molecule has 3 N–H and O–H groups in total. The van der Waals surface area contributed by atoms with Crippen LogP contribution >= 0.6 is 23.4 Å². The van der Waals surface area contributed by atoms with Crippen molar-refractivity contribution in [1.82, 2.24) is 4.98 Å². The van der Waals surface area contributed by atoms with E-state index in [1.54, 1.807) is 6.07 Å². The molecule has 5 nitrogen and oxygen atoms in total. The summed E-state index contributed by atoms with van der Waals surface area (Å²) >= 11 is 7.00. The Hall–Kier alpha value is -2.03. The third-order valence-electron chi connectivity index (χ3n) is 5.56. The van der Waals surface area contributed by atoms with E-state index in [4.69, 9.17) is 17.3 Å². The number of nitrogens with zero attached hydrogens (tertiary/aromatic N) is 2. The number of amidine groups is 1. The van der Waals surface area contributed by atoms with Crippen LogP contribution in [0.25, 0.3) is 0 Å². The van der Waals surface area contributed by atoms with Gasteiger partial charge in [-0.05, 0) is 36.2 Å². The van der Waals surface area contributed by atoms with E-state index < -0.39 is 22.8 Å². The van der Waals surface area contributed by atoms with Crippen LogP contribution < -0.4 is 5.73 Å². The van der Waals surface area contributed by atoms with Gasteiger partial charge >= 0.3 is 0 Å². The van der Waals surface area contributed by atoms with Crippen molar-refractivity contribution in [1.29, 1.82) is 0 Å². The fourth-order valence-corrected chi connectivity index (χ4v) is 5.38. The van der Waals surface area contributed by atoms with Gasteiger partial charge in [-0.1, -0.05) is 29.4 Å². The van der Waals surface area contributed by atoms with Gasteiger partial charge in [-0.25, -0.2) is 13.8 Å². The predicted octanol–water partition coefficient (Wildman–Crippen LogP) is 3.28. The van der Waals surface area contributed by atoms with Crippen molar-refractivity contribution in [2.24, 2.45) is 16.6 Å². The molecule has 2 aliphatic rings. The van der Waals surface area contributed by atoms with Gasteiger partial charge in [0.25, 0.3) is 0 Å². The van der Waals surface area contributed by atoms with Crippen molar-refractivity contribution < 1.29 is 18.7 Å². The van der Waals surface area contributed by atoms with Gasteiger partial charge in [-0.3, -0.25) is 9.78 Å². The van der Waals surface area contributed by atoms with Crippen LogP contribution in [0.4, 0.5) is 8.78 Å². The monoisotopic (exact) mass is 437 g/mol. The predicted molar refractivity (Wildman–Crippen MR) is 108 cm³/mol. The molecule has 0 bridgehead atoms. The first kappa shape index (κ1) is 20.3. The summed E-state index contributed by atoms with van der Waals surface area (Å²) < 4.78 is 28.5. The molecule has 2 heterocycles. The molecule has 152 valence electrons. The van der Waals surface area contributed by atoms with E-state index >= 15 is 0 Å². The Morgan fingerprint density at radius 2 is 2.17 bits per heavy atom. The largest absolute Gasteiger partial charge is 0.395 e. The average Bonchev–Trinajstić information content (AvgIpc) is 3.44. The number of alkyl halides is 1. The van der Waals surface area contributed by atoms with Crippen LogP contribution in [-0.4, -0.2) is 39.1 Å². The summed E-state index contributed by atoms with van der Waals surface area (Å²) in [6.45, 7) is -1.14. The molecule has 1 aromatic carbocycles. The normalized spacial score (nSPS) is 27.9. The number of rotatable bonds is 6.